The van der Waals surface area contributed by atoms with Crippen molar-refractivity contribution in [1.82, 2.24) is 5.32 Å². The smallest absolute Gasteiger partial charge is 0.134 e. The largest absolute Gasteiger partial charge is 0.389 e. The molecule has 128 valence electrons. The van der Waals surface area contributed by atoms with E-state index in [-0.39, 0.29) is 6.23 Å². The van der Waals surface area contributed by atoms with Crippen LogP contribution in [0.15, 0.2) is 0 Å². The first-order chi connectivity index (χ1) is 9.43. The third-order valence-corrected chi connectivity index (χ3v) is 9.34. The molecule has 0 bridgehead atoms. The van der Waals surface area contributed by atoms with Crippen LogP contribution in [-0.4, -0.2) is 46.2 Å². The van der Waals surface area contributed by atoms with E-state index < -0.39 is 22.3 Å². The lowest BCUT2D eigenvalue weighted by Gasteiger charge is -2.27. The first-order valence-corrected chi connectivity index (χ1v) is 15.6. The normalized spacial score (nSPS) is 16.3. The number of ether oxygens (including phenoxy) is 1. The van der Waals surface area contributed by atoms with Crippen molar-refractivity contribution in [3.05, 3.63) is 0 Å². The molecule has 0 spiro atoms. The zero-order chi connectivity index (χ0) is 16.7. The highest BCUT2D eigenvalue weighted by Gasteiger charge is 2.24. The van der Waals surface area contributed by atoms with Gasteiger partial charge in [-0.1, -0.05) is 50.9 Å². The molecule has 0 amide bonds. The second kappa shape index (κ2) is 9.45. The predicted molar refractivity (Wildman–Crippen MR) is 99.6 cm³/mol. The van der Waals surface area contributed by atoms with Crippen molar-refractivity contribution in [3.63, 3.8) is 0 Å². The lowest BCUT2D eigenvalue weighted by Crippen LogP contribution is -2.44. The van der Waals surface area contributed by atoms with Crippen LogP contribution in [0.25, 0.3) is 0 Å². The molecule has 0 aliphatic carbocycles. The first-order valence-electron chi connectivity index (χ1n) is 8.49. The van der Waals surface area contributed by atoms with Gasteiger partial charge < -0.3 is 9.84 Å². The summed E-state index contributed by atoms with van der Waals surface area (Å²) in [6.07, 6.45) is 0.412. The fraction of sp³-hybridized carbons (Fsp3) is 1.00. The maximum absolute atomic E-state index is 9.72. The zero-order valence-corrected chi connectivity index (χ0v) is 17.6. The molecule has 0 heterocycles. The Kier molecular flexibility index (Phi) is 9.59. The third kappa shape index (κ3) is 12.5. The summed E-state index contributed by atoms with van der Waals surface area (Å²) in [5.41, 5.74) is 0. The number of hydrogen-bond acceptors (Lipinski definition) is 3. The average Bonchev–Trinajstić information content (AvgIpc) is 2.29. The fourth-order valence-electron chi connectivity index (χ4n) is 2.25. The second-order valence-corrected chi connectivity index (χ2v) is 19.6. The van der Waals surface area contributed by atoms with Crippen LogP contribution in [0.2, 0.25) is 50.9 Å². The molecule has 0 radical (unpaired) electrons. The van der Waals surface area contributed by atoms with Crippen molar-refractivity contribution in [3.8, 4) is 0 Å². The molecule has 0 aromatic rings. The van der Waals surface area contributed by atoms with Crippen molar-refractivity contribution in [1.29, 1.82) is 0 Å². The van der Waals surface area contributed by atoms with Gasteiger partial charge in [0.15, 0.2) is 0 Å². The molecule has 3 nitrogen and oxygen atoms in total. The summed E-state index contributed by atoms with van der Waals surface area (Å²) in [4.78, 5) is 0. The van der Waals surface area contributed by atoms with Crippen LogP contribution in [0.1, 0.15) is 27.2 Å². The summed E-state index contributed by atoms with van der Waals surface area (Å²) in [6.45, 7) is 19.1. The number of hydrogen-bond donors (Lipinski definition) is 2. The minimum Gasteiger partial charge on any atom is -0.389 e. The van der Waals surface area contributed by atoms with E-state index in [0.29, 0.717) is 6.04 Å². The molecule has 2 N–H and O–H groups in total. The maximum Gasteiger partial charge on any atom is 0.134 e. The molecule has 0 aliphatic rings. The van der Waals surface area contributed by atoms with Crippen LogP contribution in [0.3, 0.4) is 0 Å². The monoisotopic (exact) mass is 333 g/mol. The van der Waals surface area contributed by atoms with E-state index in [0.717, 1.165) is 13.0 Å². The average molecular weight is 334 g/mol. The van der Waals surface area contributed by atoms with E-state index >= 15 is 0 Å². The highest BCUT2D eigenvalue weighted by atomic mass is 28.3. The molecule has 0 aromatic heterocycles. The Morgan fingerprint density at radius 2 is 1.52 bits per heavy atom. The molecule has 0 aliphatic heterocycles. The van der Waals surface area contributed by atoms with Crippen LogP contribution in [0, 0.1) is 0 Å². The van der Waals surface area contributed by atoms with E-state index in [9.17, 15) is 5.11 Å². The van der Waals surface area contributed by atoms with Crippen molar-refractivity contribution in [2.45, 2.75) is 96.4 Å². The Hall–Kier alpha value is 0.314. The molecular weight excluding hydrogens is 294 g/mol. The molecule has 21 heavy (non-hydrogen) atoms. The van der Waals surface area contributed by atoms with Crippen molar-refractivity contribution < 1.29 is 9.84 Å². The summed E-state index contributed by atoms with van der Waals surface area (Å²) in [6, 6.07) is 4.56. The first kappa shape index (κ1) is 21.3. The molecule has 2 unspecified atom stereocenters. The Labute approximate surface area is 134 Å². The van der Waals surface area contributed by atoms with Crippen LogP contribution < -0.4 is 5.32 Å². The van der Waals surface area contributed by atoms with E-state index in [2.05, 4.69) is 51.9 Å². The van der Waals surface area contributed by atoms with Crippen molar-refractivity contribution in [2.24, 2.45) is 0 Å². The maximum atomic E-state index is 9.72. The van der Waals surface area contributed by atoms with Crippen LogP contribution in [0.5, 0.6) is 0 Å². The Morgan fingerprint density at radius 3 is 1.95 bits per heavy atom. The van der Waals surface area contributed by atoms with Crippen LogP contribution in [0.4, 0.5) is 0 Å². The fourth-order valence-corrected chi connectivity index (χ4v) is 9.31. The minimum absolute atomic E-state index is 0.239. The lowest BCUT2D eigenvalue weighted by atomic mass is 10.3. The van der Waals surface area contributed by atoms with Gasteiger partial charge in [-0.05, 0) is 27.2 Å². The van der Waals surface area contributed by atoms with Gasteiger partial charge in [0, 0.05) is 28.8 Å². The standard InChI is InChI=1S/C16H39NO2Si2/c1-14(2)17-16(15(3)18)19-10-9-11-21(7,8)13-12-20(4,5)6/h14-18H,9-13H2,1-8H3. The van der Waals surface area contributed by atoms with Gasteiger partial charge >= 0.3 is 0 Å². The quantitative estimate of drug-likeness (QED) is 0.339. The molecule has 0 fully saturated rings. The van der Waals surface area contributed by atoms with Gasteiger partial charge in [-0.25, -0.2) is 0 Å². The molecule has 0 aromatic carbocycles. The van der Waals surface area contributed by atoms with E-state index in [1.807, 2.05) is 0 Å². The Morgan fingerprint density at radius 1 is 0.952 bits per heavy atom. The summed E-state index contributed by atoms with van der Waals surface area (Å²) < 4.78 is 5.82. The SMILES string of the molecule is CC(C)NC(OCCC[Si](C)(C)CC[Si](C)(C)C)C(C)O. The van der Waals surface area contributed by atoms with Crippen molar-refractivity contribution >= 4 is 16.1 Å². The molecule has 0 saturated carbocycles. The molecule has 5 heteroatoms. The summed E-state index contributed by atoms with van der Waals surface area (Å²) in [5.74, 6) is 0. The van der Waals surface area contributed by atoms with Crippen molar-refractivity contribution in [2.75, 3.05) is 6.61 Å². The highest BCUT2D eigenvalue weighted by Crippen LogP contribution is 2.24. The van der Waals surface area contributed by atoms with Gasteiger partial charge in [0.25, 0.3) is 0 Å². The number of rotatable bonds is 11. The van der Waals surface area contributed by atoms with E-state index in [4.69, 9.17) is 4.74 Å². The number of aliphatic hydroxyl groups excluding tert-OH is 1. The summed E-state index contributed by atoms with van der Waals surface area (Å²) in [7, 11) is -1.98. The number of nitrogens with one attached hydrogen (secondary N) is 1. The molecule has 0 saturated heterocycles. The Balaban J connectivity index is 4.00. The van der Waals surface area contributed by atoms with Gasteiger partial charge in [0.05, 0.1) is 6.10 Å². The molecular formula is C16H39NO2Si2. The lowest BCUT2D eigenvalue weighted by molar-refractivity contribution is -0.0521. The van der Waals surface area contributed by atoms with Crippen LogP contribution >= 0.6 is 0 Å². The summed E-state index contributed by atoms with van der Waals surface area (Å²) >= 11 is 0. The van der Waals surface area contributed by atoms with Crippen LogP contribution in [-0.2, 0) is 4.74 Å². The third-order valence-electron chi connectivity index (χ3n) is 3.78. The topological polar surface area (TPSA) is 41.5 Å². The minimum atomic E-state index is -1.07. The van der Waals surface area contributed by atoms with E-state index in [1.54, 1.807) is 6.92 Å². The molecule has 0 rings (SSSR count). The number of aliphatic hydroxyl groups is 1. The second-order valence-electron chi connectivity index (χ2n) is 8.68. The predicted octanol–water partition coefficient (Wildman–Crippen LogP) is 4.14. The zero-order valence-electron chi connectivity index (χ0n) is 15.6. The summed E-state index contributed by atoms with van der Waals surface area (Å²) in [5, 5.41) is 13.0. The van der Waals surface area contributed by atoms with Gasteiger partial charge in [-0.15, -0.1) is 0 Å². The van der Waals surface area contributed by atoms with Gasteiger partial charge in [-0.2, -0.15) is 0 Å². The van der Waals surface area contributed by atoms with Gasteiger partial charge in [0.1, 0.15) is 6.23 Å². The Bertz CT molecular complexity index is 276. The highest BCUT2D eigenvalue weighted by molar-refractivity contribution is 6.82. The van der Waals surface area contributed by atoms with Gasteiger partial charge in [0.2, 0.25) is 0 Å². The molecule has 2 atom stereocenters. The van der Waals surface area contributed by atoms with E-state index in [1.165, 1.54) is 18.1 Å². The van der Waals surface area contributed by atoms with Gasteiger partial charge in [-0.3, -0.25) is 5.32 Å².